The van der Waals surface area contributed by atoms with E-state index < -0.39 is 11.4 Å². The van der Waals surface area contributed by atoms with Gasteiger partial charge < -0.3 is 9.88 Å². The van der Waals surface area contributed by atoms with E-state index in [2.05, 4.69) is 15.3 Å². The zero-order chi connectivity index (χ0) is 23.8. The number of aromatic nitrogens is 5. The average molecular weight is 487 g/mol. The van der Waals surface area contributed by atoms with Crippen molar-refractivity contribution in [3.05, 3.63) is 57.1 Å². The second-order valence-corrected chi connectivity index (χ2v) is 10.3. The second-order valence-electron chi connectivity index (χ2n) is 9.06. The summed E-state index contributed by atoms with van der Waals surface area (Å²) >= 11 is 1.84. The Kier molecular flexibility index (Phi) is 6.28. The molecular weight excluding hydrogens is 459 g/mol. The van der Waals surface area contributed by atoms with Gasteiger partial charge in [-0.25, -0.2) is 19.2 Å². The minimum Gasteiger partial charge on any atom is -0.348 e. The van der Waals surface area contributed by atoms with Crippen LogP contribution < -0.4 is 16.6 Å². The fraction of sp³-hybridized carbons (Fsp3) is 0.522. The largest absolute Gasteiger partial charge is 0.348 e. The summed E-state index contributed by atoms with van der Waals surface area (Å²) in [5.74, 6) is 1.08. The molecule has 1 saturated heterocycles. The van der Waals surface area contributed by atoms with Crippen molar-refractivity contribution >= 4 is 28.7 Å². The maximum atomic E-state index is 14.0. The highest BCUT2D eigenvalue weighted by molar-refractivity contribution is 7.99. The van der Waals surface area contributed by atoms with Crippen LogP contribution in [0.1, 0.15) is 61.1 Å². The molecule has 9 nitrogen and oxygen atoms in total. The topological polar surface area (TPSA) is 104 Å². The van der Waals surface area contributed by atoms with E-state index in [0.717, 1.165) is 30.5 Å². The summed E-state index contributed by atoms with van der Waals surface area (Å²) < 4.78 is 18.6. The summed E-state index contributed by atoms with van der Waals surface area (Å²) in [6.07, 6.45) is 8.20. The summed E-state index contributed by atoms with van der Waals surface area (Å²) in [4.78, 5) is 47.7. The van der Waals surface area contributed by atoms with E-state index in [-0.39, 0.29) is 40.8 Å². The number of thioether (sulfide) groups is 1. The van der Waals surface area contributed by atoms with Gasteiger partial charge in [0, 0.05) is 25.2 Å². The zero-order valence-electron chi connectivity index (χ0n) is 18.9. The third-order valence-electron chi connectivity index (χ3n) is 6.93. The van der Waals surface area contributed by atoms with Crippen LogP contribution in [0.3, 0.4) is 0 Å². The molecule has 1 amide bonds. The molecule has 34 heavy (non-hydrogen) atoms. The van der Waals surface area contributed by atoms with Crippen molar-refractivity contribution in [3.63, 3.8) is 0 Å². The minimum absolute atomic E-state index is 0.0495. The number of fused-ring (bicyclic) bond motifs is 1. The van der Waals surface area contributed by atoms with E-state index in [0.29, 0.717) is 31.4 Å². The Morgan fingerprint density at radius 1 is 1.06 bits per heavy atom. The van der Waals surface area contributed by atoms with Crippen LogP contribution in [0.15, 0.2) is 34.4 Å². The molecule has 5 rings (SSSR count). The molecule has 0 aromatic carbocycles. The van der Waals surface area contributed by atoms with Crippen molar-refractivity contribution < 1.29 is 9.18 Å². The van der Waals surface area contributed by atoms with Crippen LogP contribution >= 0.6 is 11.8 Å². The average Bonchev–Trinajstić information content (AvgIpc) is 3.27. The summed E-state index contributed by atoms with van der Waals surface area (Å²) in [7, 11) is 1.76. The number of aryl methyl sites for hydroxylation is 1. The number of carbonyl (C=O) groups excluding carboxylic acids is 1. The van der Waals surface area contributed by atoms with Gasteiger partial charge in [-0.1, -0.05) is 0 Å². The van der Waals surface area contributed by atoms with Gasteiger partial charge >= 0.3 is 5.69 Å². The third-order valence-corrected chi connectivity index (χ3v) is 7.97. The Bertz CT molecular complexity index is 1330. The predicted octanol–water partition coefficient (Wildman–Crippen LogP) is 2.41. The van der Waals surface area contributed by atoms with Crippen molar-refractivity contribution in [1.29, 1.82) is 0 Å². The molecule has 0 unspecified atom stereocenters. The zero-order valence-corrected chi connectivity index (χ0v) is 19.8. The molecule has 0 atom stereocenters. The molecule has 0 bridgehead atoms. The number of pyridine rings is 1. The van der Waals surface area contributed by atoms with Gasteiger partial charge in [-0.05, 0) is 56.1 Å². The number of hydrogen-bond acceptors (Lipinski definition) is 6. The lowest BCUT2D eigenvalue weighted by atomic mass is 9.90. The number of carbonyl (C=O) groups is 1. The number of imidazole rings is 1. The van der Waals surface area contributed by atoms with Gasteiger partial charge in [0.2, 0.25) is 0 Å². The Labute approximate surface area is 199 Å². The first-order chi connectivity index (χ1) is 16.4. The molecule has 3 aromatic heterocycles. The van der Waals surface area contributed by atoms with Crippen LogP contribution in [0.2, 0.25) is 0 Å². The summed E-state index contributed by atoms with van der Waals surface area (Å²) in [6, 6.07) is 0.776. The molecule has 1 N–H and O–H groups in total. The number of amides is 1. The van der Waals surface area contributed by atoms with Crippen LogP contribution in [-0.4, -0.2) is 47.1 Å². The summed E-state index contributed by atoms with van der Waals surface area (Å²) in [5, 5.41) is 3.17. The molecule has 180 valence electrons. The first-order valence-electron chi connectivity index (χ1n) is 11.6. The van der Waals surface area contributed by atoms with Crippen LogP contribution in [0.25, 0.3) is 11.0 Å². The Hall–Kier alpha value is -2.95. The molecule has 4 heterocycles. The fourth-order valence-electron chi connectivity index (χ4n) is 5.11. The number of nitrogens with one attached hydrogen (secondary N) is 1. The smallest absolute Gasteiger partial charge is 0.333 e. The van der Waals surface area contributed by atoms with Gasteiger partial charge in [-0.2, -0.15) is 11.8 Å². The first kappa shape index (κ1) is 22.8. The molecule has 2 fully saturated rings. The van der Waals surface area contributed by atoms with E-state index in [4.69, 9.17) is 0 Å². The number of hydrogen-bond donors (Lipinski definition) is 1. The van der Waals surface area contributed by atoms with Gasteiger partial charge in [0.1, 0.15) is 17.2 Å². The predicted molar refractivity (Wildman–Crippen MR) is 128 cm³/mol. The van der Waals surface area contributed by atoms with Gasteiger partial charge in [-0.15, -0.1) is 0 Å². The Morgan fingerprint density at radius 2 is 1.76 bits per heavy atom. The van der Waals surface area contributed by atoms with Crippen LogP contribution in [0.4, 0.5) is 4.39 Å². The highest BCUT2D eigenvalue weighted by atomic mass is 32.2. The van der Waals surface area contributed by atoms with Crippen molar-refractivity contribution in [2.75, 3.05) is 11.5 Å². The molecule has 0 radical (unpaired) electrons. The Morgan fingerprint density at radius 3 is 2.44 bits per heavy atom. The van der Waals surface area contributed by atoms with Crippen LogP contribution in [0.5, 0.6) is 0 Å². The summed E-state index contributed by atoms with van der Waals surface area (Å²) in [6.45, 7) is 0. The van der Waals surface area contributed by atoms with E-state index in [1.54, 1.807) is 22.5 Å². The minimum atomic E-state index is -0.595. The maximum absolute atomic E-state index is 14.0. The van der Waals surface area contributed by atoms with Gasteiger partial charge in [0.15, 0.2) is 0 Å². The molecule has 1 saturated carbocycles. The maximum Gasteiger partial charge on any atom is 0.333 e. The molecule has 11 heteroatoms. The van der Waals surface area contributed by atoms with Gasteiger partial charge in [-0.3, -0.25) is 18.7 Å². The lowest BCUT2D eigenvalue weighted by Crippen LogP contribution is -2.46. The number of halogens is 1. The van der Waals surface area contributed by atoms with Crippen LogP contribution in [0, 0.1) is 5.82 Å². The molecular formula is C23H27FN6O3S. The van der Waals surface area contributed by atoms with Crippen molar-refractivity contribution in [1.82, 2.24) is 29.0 Å². The first-order valence-corrected chi connectivity index (χ1v) is 12.8. The third kappa shape index (κ3) is 4.17. The van der Waals surface area contributed by atoms with Crippen molar-refractivity contribution in [2.45, 2.75) is 56.7 Å². The lowest BCUT2D eigenvalue weighted by molar-refractivity contribution is 0.0913. The molecule has 3 aromatic rings. The van der Waals surface area contributed by atoms with E-state index in [1.165, 1.54) is 16.8 Å². The van der Waals surface area contributed by atoms with E-state index in [1.807, 2.05) is 11.8 Å². The quantitative estimate of drug-likeness (QED) is 0.608. The van der Waals surface area contributed by atoms with E-state index in [9.17, 15) is 18.8 Å². The second kappa shape index (κ2) is 9.36. The normalized spacial score (nSPS) is 21.6. The SMILES string of the molecule is Cn1cncc1C(=O)NC1CCC(n2c(=O)c3cc(F)cnc3n(C3CCSCC3)c2=O)CC1. The summed E-state index contributed by atoms with van der Waals surface area (Å²) in [5.41, 5.74) is -0.107. The van der Waals surface area contributed by atoms with E-state index >= 15 is 0 Å². The lowest BCUT2D eigenvalue weighted by Gasteiger charge is -2.31. The molecule has 2 aliphatic rings. The number of rotatable bonds is 4. The molecule has 1 aliphatic carbocycles. The van der Waals surface area contributed by atoms with Gasteiger partial charge in [0.05, 0.1) is 24.1 Å². The van der Waals surface area contributed by atoms with Crippen molar-refractivity contribution in [2.24, 2.45) is 7.05 Å². The number of nitrogens with zero attached hydrogens (tertiary/aromatic N) is 5. The highest BCUT2D eigenvalue weighted by Gasteiger charge is 2.30. The fourth-order valence-corrected chi connectivity index (χ4v) is 6.19. The monoisotopic (exact) mass is 486 g/mol. The molecule has 0 spiro atoms. The van der Waals surface area contributed by atoms with Gasteiger partial charge in [0.25, 0.3) is 11.5 Å². The molecule has 1 aliphatic heterocycles. The highest BCUT2D eigenvalue weighted by Crippen LogP contribution is 2.30. The van der Waals surface area contributed by atoms with Crippen molar-refractivity contribution in [3.8, 4) is 0 Å². The van der Waals surface area contributed by atoms with Crippen LogP contribution in [-0.2, 0) is 7.05 Å². The Balaban J connectivity index is 1.44. The standard InChI is InChI=1S/C23H27FN6O3S/c1-28-13-25-12-19(28)21(31)27-15-2-4-16(5-3-15)30-22(32)18-10-14(24)11-26-20(18)29(23(30)33)17-6-8-34-9-7-17/h10-13,15-17H,2-9H2,1H3,(H,27,31).